The molecule has 0 aliphatic rings. The van der Waals surface area contributed by atoms with Crippen molar-refractivity contribution in [1.82, 2.24) is 25.3 Å². The largest absolute Gasteiger partial charge is 0.450 e. The molecule has 0 saturated carbocycles. The van der Waals surface area contributed by atoms with Crippen LogP contribution in [0.1, 0.15) is 47.7 Å². The number of carbonyl (C=O) groups is 2. The number of aromatic amines is 3. The smallest absolute Gasteiger partial charge is 0.413 e. The third-order valence-electron chi connectivity index (χ3n) is 4.72. The Bertz CT molecular complexity index is 1140. The summed E-state index contributed by atoms with van der Waals surface area (Å²) < 4.78 is 4.94. The molecule has 0 unspecified atom stereocenters. The van der Waals surface area contributed by atoms with Crippen molar-refractivity contribution in [2.45, 2.75) is 33.1 Å². The van der Waals surface area contributed by atoms with E-state index in [2.05, 4.69) is 35.6 Å². The first-order valence-electron chi connectivity index (χ1n) is 10.7. The number of hydrogen-bond acceptors (Lipinski definition) is 6. The lowest BCUT2D eigenvalue weighted by Crippen LogP contribution is -2.36. The number of anilines is 1. The van der Waals surface area contributed by atoms with E-state index in [0.29, 0.717) is 29.9 Å². The van der Waals surface area contributed by atoms with E-state index in [1.54, 1.807) is 43.7 Å². The number of guanidine groups is 1. The molecule has 3 rings (SSSR count). The zero-order valence-corrected chi connectivity index (χ0v) is 18.5. The van der Waals surface area contributed by atoms with Crippen molar-refractivity contribution in [3.63, 3.8) is 0 Å². The molecule has 11 nitrogen and oxygen atoms in total. The fourth-order valence-electron chi connectivity index (χ4n) is 3.12. The fraction of sp³-hybridized carbons (Fsp3) is 0.318. The second-order valence-corrected chi connectivity index (χ2v) is 7.07. The monoisotopic (exact) mass is 453 g/mol. The average molecular weight is 454 g/mol. The standard InChI is InChI=1S/C22H27N7O4/c1-3-17-18(28-21(31)27-17)19(30)14-7-9-15(10-8-14)26-20(29-22(32)33-4-2)24-11-5-6-16-12-23-13-25-16/h7-10,12-13H,3-6,11H2,1-2H3,(H,23,25)(H2,27,28,31)(H2,24,26,29,32). The van der Waals surface area contributed by atoms with Crippen molar-refractivity contribution < 1.29 is 14.3 Å². The number of ether oxygens (including phenoxy) is 1. The van der Waals surface area contributed by atoms with Crippen LogP contribution in [0.5, 0.6) is 0 Å². The molecule has 3 aromatic rings. The van der Waals surface area contributed by atoms with Crippen molar-refractivity contribution in [1.29, 1.82) is 0 Å². The van der Waals surface area contributed by atoms with Crippen molar-refractivity contribution in [3.05, 3.63) is 69.9 Å². The van der Waals surface area contributed by atoms with E-state index in [9.17, 15) is 14.4 Å². The van der Waals surface area contributed by atoms with Gasteiger partial charge in [-0.2, -0.15) is 0 Å². The maximum Gasteiger partial charge on any atom is 0.413 e. The Balaban J connectivity index is 1.67. The van der Waals surface area contributed by atoms with E-state index in [1.165, 1.54) is 0 Å². The topological polar surface area (TPSA) is 157 Å². The van der Waals surface area contributed by atoms with Gasteiger partial charge in [-0.15, -0.1) is 0 Å². The lowest BCUT2D eigenvalue weighted by Gasteiger charge is -2.12. The van der Waals surface area contributed by atoms with Crippen molar-refractivity contribution in [2.75, 3.05) is 18.5 Å². The molecule has 0 radical (unpaired) electrons. The van der Waals surface area contributed by atoms with Crippen LogP contribution in [0, 0.1) is 0 Å². The van der Waals surface area contributed by atoms with Crippen LogP contribution in [0.2, 0.25) is 0 Å². The number of ketones is 1. The number of nitrogens with zero attached hydrogens (tertiary/aromatic N) is 2. The third-order valence-corrected chi connectivity index (χ3v) is 4.72. The summed E-state index contributed by atoms with van der Waals surface area (Å²) in [6.07, 6.45) is 4.81. The molecule has 33 heavy (non-hydrogen) atoms. The predicted molar refractivity (Wildman–Crippen MR) is 124 cm³/mol. The van der Waals surface area contributed by atoms with Crippen LogP contribution in [0.3, 0.4) is 0 Å². The van der Waals surface area contributed by atoms with Gasteiger partial charge >= 0.3 is 11.8 Å². The molecule has 0 saturated heterocycles. The molecule has 0 aliphatic heterocycles. The van der Waals surface area contributed by atoms with Crippen LogP contribution >= 0.6 is 0 Å². The number of aliphatic imine (C=N–C) groups is 1. The predicted octanol–water partition coefficient (Wildman–Crippen LogP) is 2.37. The number of rotatable bonds is 9. The molecule has 11 heteroatoms. The summed E-state index contributed by atoms with van der Waals surface area (Å²) in [5.41, 5.74) is 2.46. The summed E-state index contributed by atoms with van der Waals surface area (Å²) in [6, 6.07) is 6.65. The summed E-state index contributed by atoms with van der Waals surface area (Å²) in [4.78, 5) is 52.8. The van der Waals surface area contributed by atoms with Crippen LogP contribution in [0.4, 0.5) is 10.5 Å². The Kier molecular flexibility index (Phi) is 8.17. The highest BCUT2D eigenvalue weighted by Crippen LogP contribution is 2.14. The summed E-state index contributed by atoms with van der Waals surface area (Å²) >= 11 is 0. The van der Waals surface area contributed by atoms with Gasteiger partial charge in [0.2, 0.25) is 11.7 Å². The van der Waals surface area contributed by atoms with E-state index in [-0.39, 0.29) is 24.0 Å². The molecule has 0 bridgehead atoms. The van der Waals surface area contributed by atoms with Gasteiger partial charge in [0.05, 0.1) is 12.9 Å². The first-order chi connectivity index (χ1) is 16.0. The molecular weight excluding hydrogens is 426 g/mol. The number of carbonyl (C=O) groups excluding carboxylic acids is 2. The van der Waals surface area contributed by atoms with Crippen LogP contribution in [0.25, 0.3) is 0 Å². The SMILES string of the molecule is CCOC(=O)NC(=NCCCc1cnc[nH]1)Nc1ccc(C(=O)c2[nH]c(=O)[nH]c2CC)cc1. The van der Waals surface area contributed by atoms with Crippen LogP contribution in [0.15, 0.2) is 46.6 Å². The van der Waals surface area contributed by atoms with Crippen molar-refractivity contribution in [2.24, 2.45) is 4.99 Å². The van der Waals surface area contributed by atoms with Gasteiger partial charge in [0, 0.05) is 35.4 Å². The van der Waals surface area contributed by atoms with E-state index in [4.69, 9.17) is 4.74 Å². The molecule has 0 atom stereocenters. The number of benzene rings is 1. The maximum atomic E-state index is 12.7. The normalized spacial score (nSPS) is 11.3. The van der Waals surface area contributed by atoms with Crippen molar-refractivity contribution in [3.8, 4) is 0 Å². The van der Waals surface area contributed by atoms with Gasteiger partial charge in [0.15, 0.2) is 0 Å². The highest BCUT2D eigenvalue weighted by atomic mass is 16.5. The molecule has 0 spiro atoms. The van der Waals surface area contributed by atoms with E-state index < -0.39 is 11.8 Å². The molecular formula is C22H27N7O4. The van der Waals surface area contributed by atoms with Gasteiger partial charge in [0.25, 0.3) is 0 Å². The number of imidazole rings is 2. The van der Waals surface area contributed by atoms with E-state index in [1.807, 2.05) is 6.92 Å². The second kappa shape index (κ2) is 11.5. The molecule has 174 valence electrons. The molecule has 1 aromatic carbocycles. The Morgan fingerprint density at radius 3 is 2.61 bits per heavy atom. The summed E-state index contributed by atoms with van der Waals surface area (Å²) in [5.74, 6) is -0.0468. The van der Waals surface area contributed by atoms with Gasteiger partial charge < -0.3 is 25.0 Å². The minimum Gasteiger partial charge on any atom is -0.450 e. The maximum absolute atomic E-state index is 12.7. The zero-order valence-electron chi connectivity index (χ0n) is 18.5. The number of nitrogens with one attached hydrogen (secondary N) is 5. The fourth-order valence-corrected chi connectivity index (χ4v) is 3.12. The van der Waals surface area contributed by atoms with Crippen LogP contribution in [-0.2, 0) is 17.6 Å². The molecule has 0 fully saturated rings. The highest BCUT2D eigenvalue weighted by Gasteiger charge is 2.16. The number of H-pyrrole nitrogens is 3. The first-order valence-corrected chi connectivity index (χ1v) is 10.7. The number of amides is 1. The Morgan fingerprint density at radius 2 is 1.94 bits per heavy atom. The number of alkyl carbamates (subject to hydrolysis) is 1. The van der Waals surface area contributed by atoms with Gasteiger partial charge in [-0.25, -0.2) is 14.6 Å². The third kappa shape index (κ3) is 6.66. The molecule has 5 N–H and O–H groups in total. The van der Waals surface area contributed by atoms with Crippen molar-refractivity contribution >= 4 is 23.5 Å². The minimum absolute atomic E-state index is 0.233. The lowest BCUT2D eigenvalue weighted by molar-refractivity contribution is 0.103. The molecule has 1 amide bonds. The molecule has 2 heterocycles. The average Bonchev–Trinajstić information content (AvgIpc) is 3.46. The van der Waals surface area contributed by atoms with Gasteiger partial charge in [0.1, 0.15) is 5.69 Å². The highest BCUT2D eigenvalue weighted by molar-refractivity contribution is 6.09. The van der Waals surface area contributed by atoms with Gasteiger partial charge in [-0.05, 0) is 50.5 Å². The second-order valence-electron chi connectivity index (χ2n) is 7.07. The number of hydrogen-bond donors (Lipinski definition) is 5. The van der Waals surface area contributed by atoms with Crippen LogP contribution in [-0.4, -0.2) is 50.9 Å². The number of aromatic nitrogens is 4. The zero-order chi connectivity index (χ0) is 23.6. The Hall–Kier alpha value is -4.15. The Morgan fingerprint density at radius 1 is 1.15 bits per heavy atom. The summed E-state index contributed by atoms with van der Waals surface area (Å²) in [5, 5.41) is 5.63. The lowest BCUT2D eigenvalue weighted by atomic mass is 10.1. The minimum atomic E-state index is -0.618. The number of aryl methyl sites for hydroxylation is 2. The first kappa shape index (κ1) is 23.5. The van der Waals surface area contributed by atoms with E-state index >= 15 is 0 Å². The molecule has 0 aliphatic carbocycles. The molecule has 2 aromatic heterocycles. The Labute approximate surface area is 190 Å². The summed E-state index contributed by atoms with van der Waals surface area (Å²) in [7, 11) is 0. The summed E-state index contributed by atoms with van der Waals surface area (Å²) in [6.45, 7) is 4.27. The quantitative estimate of drug-likeness (QED) is 0.145. The van der Waals surface area contributed by atoms with Gasteiger partial charge in [-0.3, -0.25) is 15.1 Å². The van der Waals surface area contributed by atoms with Gasteiger partial charge in [-0.1, -0.05) is 6.92 Å². The van der Waals surface area contributed by atoms with E-state index in [0.717, 1.165) is 18.5 Å². The van der Waals surface area contributed by atoms with Crippen LogP contribution < -0.4 is 16.3 Å².